The summed E-state index contributed by atoms with van der Waals surface area (Å²) in [7, 11) is 2.08. The van der Waals surface area contributed by atoms with Gasteiger partial charge < -0.3 is 9.32 Å². The molecule has 0 atom stereocenters. The zero-order chi connectivity index (χ0) is 15.6. The highest BCUT2D eigenvalue weighted by atomic mass is 32.1. The standard InChI is InChI=1S/C19H16N2OS/c1-21(17-9-4-7-14-6-2-3-8-16(14)17)12-15-13-22-19(20-15)18-10-5-11-23-18/h2-11,13H,12H2,1H3. The molecule has 0 amide bonds. The Kier molecular flexibility index (Phi) is 3.60. The van der Waals surface area contributed by atoms with Gasteiger partial charge in [0.1, 0.15) is 6.26 Å². The molecule has 0 unspecified atom stereocenters. The number of thiophene rings is 1. The molecule has 0 aliphatic rings. The lowest BCUT2D eigenvalue weighted by Crippen LogP contribution is -2.16. The van der Waals surface area contributed by atoms with Crippen molar-refractivity contribution in [2.75, 3.05) is 11.9 Å². The SMILES string of the molecule is CN(Cc1coc(-c2cccs2)n1)c1cccc2ccccc12. The number of hydrogen-bond donors (Lipinski definition) is 0. The summed E-state index contributed by atoms with van der Waals surface area (Å²) in [5, 5.41) is 4.53. The van der Waals surface area contributed by atoms with Crippen LogP contribution in [0.5, 0.6) is 0 Å². The topological polar surface area (TPSA) is 29.3 Å². The maximum atomic E-state index is 5.61. The van der Waals surface area contributed by atoms with Crippen molar-refractivity contribution in [3.63, 3.8) is 0 Å². The van der Waals surface area contributed by atoms with Crippen LogP contribution in [0.4, 0.5) is 5.69 Å². The van der Waals surface area contributed by atoms with Crippen LogP contribution >= 0.6 is 11.3 Å². The molecule has 2 aromatic carbocycles. The number of hydrogen-bond acceptors (Lipinski definition) is 4. The normalized spacial score (nSPS) is 11.0. The van der Waals surface area contributed by atoms with Crippen molar-refractivity contribution in [2.24, 2.45) is 0 Å². The summed E-state index contributed by atoms with van der Waals surface area (Å²) in [6.07, 6.45) is 1.75. The van der Waals surface area contributed by atoms with Gasteiger partial charge in [-0.3, -0.25) is 0 Å². The molecule has 4 heteroatoms. The van der Waals surface area contributed by atoms with E-state index in [1.165, 1.54) is 16.5 Å². The molecule has 23 heavy (non-hydrogen) atoms. The summed E-state index contributed by atoms with van der Waals surface area (Å²) < 4.78 is 5.61. The Morgan fingerprint density at radius 2 is 1.91 bits per heavy atom. The van der Waals surface area contributed by atoms with Gasteiger partial charge in [0, 0.05) is 18.1 Å². The predicted octanol–water partition coefficient (Wildman–Crippen LogP) is 5.19. The number of aromatic nitrogens is 1. The van der Waals surface area contributed by atoms with Gasteiger partial charge in [0.2, 0.25) is 5.89 Å². The Balaban J connectivity index is 1.61. The second-order valence-electron chi connectivity index (χ2n) is 5.48. The van der Waals surface area contributed by atoms with Crippen LogP contribution in [0.3, 0.4) is 0 Å². The van der Waals surface area contributed by atoms with E-state index in [0.717, 1.165) is 10.6 Å². The molecule has 0 radical (unpaired) electrons. The first-order valence-corrected chi connectivity index (χ1v) is 8.36. The summed E-state index contributed by atoms with van der Waals surface area (Å²) in [4.78, 5) is 7.87. The van der Waals surface area contributed by atoms with E-state index in [1.54, 1.807) is 17.6 Å². The Labute approximate surface area is 138 Å². The number of benzene rings is 2. The van der Waals surface area contributed by atoms with Crippen LogP contribution in [-0.4, -0.2) is 12.0 Å². The Hall–Kier alpha value is -2.59. The minimum Gasteiger partial charge on any atom is -0.443 e. The predicted molar refractivity (Wildman–Crippen MR) is 95.9 cm³/mol. The van der Waals surface area contributed by atoms with Crippen molar-refractivity contribution in [3.05, 3.63) is 71.9 Å². The molecule has 114 valence electrons. The highest BCUT2D eigenvalue weighted by Gasteiger charge is 2.11. The molecule has 3 nitrogen and oxygen atoms in total. The van der Waals surface area contributed by atoms with Crippen LogP contribution in [0, 0.1) is 0 Å². The van der Waals surface area contributed by atoms with Gasteiger partial charge in [-0.2, -0.15) is 0 Å². The molecule has 0 fully saturated rings. The minimum atomic E-state index is 0.696. The zero-order valence-electron chi connectivity index (χ0n) is 12.8. The van der Waals surface area contributed by atoms with Crippen molar-refractivity contribution in [2.45, 2.75) is 6.54 Å². The van der Waals surface area contributed by atoms with Crippen LogP contribution in [0.15, 0.2) is 70.7 Å². The summed E-state index contributed by atoms with van der Waals surface area (Å²) in [5.74, 6) is 0.696. The van der Waals surface area contributed by atoms with Crippen LogP contribution in [0.25, 0.3) is 21.5 Å². The van der Waals surface area contributed by atoms with Gasteiger partial charge in [0.05, 0.1) is 17.1 Å². The van der Waals surface area contributed by atoms with Crippen molar-refractivity contribution < 1.29 is 4.42 Å². The average molecular weight is 320 g/mol. The van der Waals surface area contributed by atoms with Gasteiger partial charge in [0.15, 0.2) is 0 Å². The van der Waals surface area contributed by atoms with Crippen molar-refractivity contribution in [1.29, 1.82) is 0 Å². The highest BCUT2D eigenvalue weighted by Crippen LogP contribution is 2.28. The monoisotopic (exact) mass is 320 g/mol. The minimum absolute atomic E-state index is 0.696. The lowest BCUT2D eigenvalue weighted by atomic mass is 10.1. The number of rotatable bonds is 4. The summed E-state index contributed by atoms with van der Waals surface area (Å²) in [6, 6.07) is 18.8. The second-order valence-corrected chi connectivity index (χ2v) is 6.42. The zero-order valence-corrected chi connectivity index (χ0v) is 13.6. The summed E-state index contributed by atoms with van der Waals surface area (Å²) >= 11 is 1.64. The lowest BCUT2D eigenvalue weighted by Gasteiger charge is -2.20. The maximum absolute atomic E-state index is 5.61. The first-order valence-electron chi connectivity index (χ1n) is 7.48. The number of nitrogens with zero attached hydrogens (tertiary/aromatic N) is 2. The number of oxazole rings is 1. The van der Waals surface area contributed by atoms with Gasteiger partial charge in [-0.25, -0.2) is 4.98 Å². The van der Waals surface area contributed by atoms with Crippen LogP contribution in [0.2, 0.25) is 0 Å². The largest absolute Gasteiger partial charge is 0.443 e. The number of anilines is 1. The summed E-state index contributed by atoms with van der Waals surface area (Å²) in [5.41, 5.74) is 2.13. The fraction of sp³-hybridized carbons (Fsp3) is 0.105. The third-order valence-electron chi connectivity index (χ3n) is 3.86. The van der Waals surface area contributed by atoms with Crippen LogP contribution < -0.4 is 4.90 Å². The first kappa shape index (κ1) is 14.0. The van der Waals surface area contributed by atoms with Gasteiger partial charge in [-0.05, 0) is 22.9 Å². The molecule has 0 aliphatic carbocycles. The molecule has 2 heterocycles. The van der Waals surface area contributed by atoms with Crippen molar-refractivity contribution >= 4 is 27.8 Å². The Bertz CT molecular complexity index is 922. The van der Waals surface area contributed by atoms with Crippen molar-refractivity contribution in [1.82, 2.24) is 4.98 Å². The lowest BCUT2D eigenvalue weighted by molar-refractivity contribution is 0.574. The molecule has 0 bridgehead atoms. The van der Waals surface area contributed by atoms with Crippen LogP contribution in [0.1, 0.15) is 5.69 Å². The highest BCUT2D eigenvalue weighted by molar-refractivity contribution is 7.13. The Morgan fingerprint density at radius 3 is 2.78 bits per heavy atom. The molecule has 2 aromatic heterocycles. The smallest absolute Gasteiger partial charge is 0.236 e. The number of fused-ring (bicyclic) bond motifs is 1. The first-order chi connectivity index (χ1) is 11.3. The molecule has 4 aromatic rings. The van der Waals surface area contributed by atoms with E-state index >= 15 is 0 Å². The van der Waals surface area contributed by atoms with E-state index in [1.807, 2.05) is 17.5 Å². The fourth-order valence-electron chi connectivity index (χ4n) is 2.76. The average Bonchev–Trinajstić information content (AvgIpc) is 3.25. The van der Waals surface area contributed by atoms with E-state index in [2.05, 4.69) is 59.4 Å². The van der Waals surface area contributed by atoms with E-state index in [9.17, 15) is 0 Å². The van der Waals surface area contributed by atoms with Crippen molar-refractivity contribution in [3.8, 4) is 10.8 Å². The molecular formula is C19H16N2OS. The Morgan fingerprint density at radius 1 is 1.04 bits per heavy atom. The molecule has 0 aliphatic heterocycles. The fourth-order valence-corrected chi connectivity index (χ4v) is 3.42. The van der Waals surface area contributed by atoms with Gasteiger partial charge in [-0.15, -0.1) is 11.3 Å². The quantitative estimate of drug-likeness (QED) is 0.518. The van der Waals surface area contributed by atoms with E-state index in [-0.39, 0.29) is 0 Å². The maximum Gasteiger partial charge on any atom is 0.236 e. The van der Waals surface area contributed by atoms with Gasteiger partial charge >= 0.3 is 0 Å². The molecule has 0 N–H and O–H groups in total. The van der Waals surface area contributed by atoms with E-state index in [0.29, 0.717) is 12.4 Å². The van der Waals surface area contributed by atoms with Gasteiger partial charge in [0.25, 0.3) is 0 Å². The second kappa shape index (κ2) is 5.89. The third-order valence-corrected chi connectivity index (χ3v) is 4.72. The molecule has 4 rings (SSSR count). The third kappa shape index (κ3) is 2.73. The van der Waals surface area contributed by atoms with E-state index < -0.39 is 0 Å². The molecule has 0 spiro atoms. The van der Waals surface area contributed by atoms with E-state index in [4.69, 9.17) is 4.42 Å². The molecular weight excluding hydrogens is 304 g/mol. The van der Waals surface area contributed by atoms with Crippen LogP contribution in [-0.2, 0) is 6.54 Å². The van der Waals surface area contributed by atoms with Gasteiger partial charge in [-0.1, -0.05) is 42.5 Å². The summed E-state index contributed by atoms with van der Waals surface area (Å²) in [6.45, 7) is 0.711. The molecule has 0 saturated heterocycles. The molecule has 0 saturated carbocycles.